The first-order valence-corrected chi connectivity index (χ1v) is 9.10. The molecule has 0 spiro atoms. The van der Waals surface area contributed by atoms with Crippen molar-refractivity contribution < 1.29 is 19.4 Å². The Bertz CT molecular complexity index is 887. The molecular formula is C18H16N2O4S2. The zero-order valence-corrected chi connectivity index (χ0v) is 15.5. The Morgan fingerprint density at radius 3 is 2.69 bits per heavy atom. The molecule has 1 aliphatic heterocycles. The molecule has 0 aliphatic carbocycles. The number of aliphatic carboxylic acids is 1. The number of carboxylic acid groups (broad SMARTS) is 1. The SMILES string of the molecule is CCOc1ccc(-n2cccc2C=C2SC(=S)N(CC(=O)O)C2=O)cc1. The standard InChI is InChI=1S/C18H16N2O4S2/c1-2-24-14-7-5-12(6-8-14)19-9-3-4-13(19)10-15-17(23)20(11-16(21)22)18(25)26-15/h3-10H,2,11H2,1H3,(H,21,22). The van der Waals surface area contributed by atoms with Gasteiger partial charge in [-0.3, -0.25) is 14.5 Å². The Hall–Kier alpha value is -2.58. The quantitative estimate of drug-likeness (QED) is 0.605. The van der Waals surface area contributed by atoms with Gasteiger partial charge in [-0.1, -0.05) is 24.0 Å². The van der Waals surface area contributed by atoms with Crippen molar-refractivity contribution in [3.8, 4) is 11.4 Å². The number of thioether (sulfide) groups is 1. The molecule has 0 saturated carbocycles. The van der Waals surface area contributed by atoms with Gasteiger partial charge < -0.3 is 14.4 Å². The fourth-order valence-electron chi connectivity index (χ4n) is 2.52. The number of carbonyl (C=O) groups excluding carboxylic acids is 1. The summed E-state index contributed by atoms with van der Waals surface area (Å²) in [6.45, 7) is 2.10. The van der Waals surface area contributed by atoms with E-state index in [1.54, 1.807) is 6.08 Å². The van der Waals surface area contributed by atoms with Crippen molar-refractivity contribution in [1.29, 1.82) is 0 Å². The van der Waals surface area contributed by atoms with E-state index in [0.717, 1.165) is 33.8 Å². The van der Waals surface area contributed by atoms with Crippen LogP contribution in [-0.2, 0) is 9.59 Å². The number of ether oxygens (including phenoxy) is 1. The molecule has 1 N–H and O–H groups in total. The molecule has 1 saturated heterocycles. The molecule has 1 amide bonds. The fraction of sp³-hybridized carbons (Fsp3) is 0.167. The molecule has 1 aromatic carbocycles. The van der Waals surface area contributed by atoms with E-state index < -0.39 is 12.5 Å². The number of amides is 1. The molecule has 0 atom stereocenters. The summed E-state index contributed by atoms with van der Waals surface area (Å²) >= 11 is 6.22. The van der Waals surface area contributed by atoms with Gasteiger partial charge in [0.25, 0.3) is 5.91 Å². The van der Waals surface area contributed by atoms with Crippen molar-refractivity contribution in [2.45, 2.75) is 6.92 Å². The Labute approximate surface area is 160 Å². The van der Waals surface area contributed by atoms with Crippen LogP contribution in [0, 0.1) is 0 Å². The first kappa shape index (κ1) is 18.2. The van der Waals surface area contributed by atoms with E-state index >= 15 is 0 Å². The van der Waals surface area contributed by atoms with Crippen molar-refractivity contribution in [1.82, 2.24) is 9.47 Å². The number of rotatable bonds is 6. The average Bonchev–Trinajstić information content (AvgIpc) is 3.16. The fourth-order valence-corrected chi connectivity index (χ4v) is 3.76. The minimum Gasteiger partial charge on any atom is -0.494 e. The molecule has 3 rings (SSSR count). The summed E-state index contributed by atoms with van der Waals surface area (Å²) in [6.07, 6.45) is 3.61. The number of hydrogen-bond acceptors (Lipinski definition) is 5. The summed E-state index contributed by atoms with van der Waals surface area (Å²) in [5, 5.41) is 8.91. The molecule has 134 valence electrons. The third-order valence-electron chi connectivity index (χ3n) is 3.65. The summed E-state index contributed by atoms with van der Waals surface area (Å²) in [5.41, 5.74) is 1.72. The molecule has 0 radical (unpaired) electrons. The molecule has 6 nitrogen and oxygen atoms in total. The van der Waals surface area contributed by atoms with Crippen LogP contribution in [0.2, 0.25) is 0 Å². The van der Waals surface area contributed by atoms with Crippen LogP contribution in [0.1, 0.15) is 12.6 Å². The number of benzene rings is 1. The van der Waals surface area contributed by atoms with Crippen LogP contribution in [0.15, 0.2) is 47.5 Å². The normalized spacial score (nSPS) is 15.7. The summed E-state index contributed by atoms with van der Waals surface area (Å²) in [5.74, 6) is -0.693. The summed E-state index contributed by atoms with van der Waals surface area (Å²) in [7, 11) is 0. The molecule has 2 heterocycles. The lowest BCUT2D eigenvalue weighted by Gasteiger charge is -2.10. The molecule has 1 aliphatic rings. The highest BCUT2D eigenvalue weighted by Crippen LogP contribution is 2.32. The van der Waals surface area contributed by atoms with E-state index in [2.05, 4.69) is 0 Å². The zero-order chi connectivity index (χ0) is 18.7. The van der Waals surface area contributed by atoms with Crippen molar-refractivity contribution in [2.75, 3.05) is 13.2 Å². The topological polar surface area (TPSA) is 71.8 Å². The van der Waals surface area contributed by atoms with Crippen LogP contribution in [0.4, 0.5) is 0 Å². The van der Waals surface area contributed by atoms with Gasteiger partial charge in [-0.2, -0.15) is 0 Å². The van der Waals surface area contributed by atoms with Crippen molar-refractivity contribution >= 4 is 46.3 Å². The summed E-state index contributed by atoms with van der Waals surface area (Å²) in [4.78, 5) is 24.8. The van der Waals surface area contributed by atoms with E-state index in [4.69, 9.17) is 22.1 Å². The van der Waals surface area contributed by atoms with Gasteiger partial charge >= 0.3 is 5.97 Å². The van der Waals surface area contributed by atoms with Crippen LogP contribution >= 0.6 is 24.0 Å². The van der Waals surface area contributed by atoms with E-state index in [-0.39, 0.29) is 10.2 Å². The lowest BCUT2D eigenvalue weighted by Crippen LogP contribution is -2.33. The average molecular weight is 388 g/mol. The lowest BCUT2D eigenvalue weighted by molar-refractivity contribution is -0.140. The molecule has 8 heteroatoms. The van der Waals surface area contributed by atoms with Crippen molar-refractivity contribution in [3.63, 3.8) is 0 Å². The van der Waals surface area contributed by atoms with Gasteiger partial charge in [0, 0.05) is 17.6 Å². The van der Waals surface area contributed by atoms with Gasteiger partial charge in [0.15, 0.2) is 0 Å². The first-order valence-electron chi connectivity index (χ1n) is 7.87. The van der Waals surface area contributed by atoms with Crippen LogP contribution in [-0.4, -0.2) is 43.9 Å². The van der Waals surface area contributed by atoms with Crippen LogP contribution in [0.25, 0.3) is 11.8 Å². The van der Waals surface area contributed by atoms with Crippen LogP contribution in [0.5, 0.6) is 5.75 Å². The van der Waals surface area contributed by atoms with Gasteiger partial charge in [-0.15, -0.1) is 0 Å². The van der Waals surface area contributed by atoms with Gasteiger partial charge in [0.1, 0.15) is 16.6 Å². The number of hydrogen-bond donors (Lipinski definition) is 1. The Morgan fingerprint density at radius 1 is 1.31 bits per heavy atom. The predicted molar refractivity (Wildman–Crippen MR) is 104 cm³/mol. The van der Waals surface area contributed by atoms with E-state index in [9.17, 15) is 9.59 Å². The third-order valence-corrected chi connectivity index (χ3v) is 5.03. The monoisotopic (exact) mass is 388 g/mol. The minimum atomic E-state index is -1.10. The van der Waals surface area contributed by atoms with Crippen molar-refractivity contribution in [3.05, 3.63) is 53.2 Å². The Balaban J connectivity index is 1.87. The summed E-state index contributed by atoms with van der Waals surface area (Å²) < 4.78 is 7.63. The van der Waals surface area contributed by atoms with E-state index in [0.29, 0.717) is 11.5 Å². The molecule has 0 unspecified atom stereocenters. The molecule has 1 fully saturated rings. The first-order chi connectivity index (χ1) is 12.5. The van der Waals surface area contributed by atoms with Gasteiger partial charge in [-0.05, 0) is 49.4 Å². The number of thiocarbonyl (C=S) groups is 1. The highest BCUT2D eigenvalue weighted by molar-refractivity contribution is 8.26. The number of carboxylic acids is 1. The predicted octanol–water partition coefficient (Wildman–Crippen LogP) is 3.16. The smallest absolute Gasteiger partial charge is 0.323 e. The molecule has 0 bridgehead atoms. The molecule has 1 aromatic heterocycles. The maximum absolute atomic E-state index is 12.4. The summed E-state index contributed by atoms with van der Waals surface area (Å²) in [6, 6.07) is 11.4. The second-order valence-corrected chi connectivity index (χ2v) is 7.07. The van der Waals surface area contributed by atoms with Gasteiger partial charge in [-0.25, -0.2) is 0 Å². The minimum absolute atomic E-state index is 0.253. The van der Waals surface area contributed by atoms with Gasteiger partial charge in [0.05, 0.1) is 11.5 Å². The Morgan fingerprint density at radius 2 is 2.04 bits per heavy atom. The number of nitrogens with zero attached hydrogens (tertiary/aromatic N) is 2. The second-order valence-electron chi connectivity index (χ2n) is 5.39. The maximum atomic E-state index is 12.4. The maximum Gasteiger partial charge on any atom is 0.323 e. The molecular weight excluding hydrogens is 372 g/mol. The molecule has 26 heavy (non-hydrogen) atoms. The highest BCUT2D eigenvalue weighted by Gasteiger charge is 2.33. The highest BCUT2D eigenvalue weighted by atomic mass is 32.2. The van der Waals surface area contributed by atoms with E-state index in [1.807, 2.05) is 54.1 Å². The van der Waals surface area contributed by atoms with Crippen LogP contribution in [0.3, 0.4) is 0 Å². The van der Waals surface area contributed by atoms with Crippen molar-refractivity contribution in [2.24, 2.45) is 0 Å². The molecule has 2 aromatic rings. The lowest BCUT2D eigenvalue weighted by atomic mass is 10.3. The number of aromatic nitrogens is 1. The zero-order valence-electron chi connectivity index (χ0n) is 13.9. The van der Waals surface area contributed by atoms with Crippen LogP contribution < -0.4 is 4.74 Å². The third kappa shape index (κ3) is 3.81. The second kappa shape index (κ2) is 7.76. The largest absolute Gasteiger partial charge is 0.494 e. The van der Waals surface area contributed by atoms with Gasteiger partial charge in [0.2, 0.25) is 0 Å². The Kier molecular flexibility index (Phi) is 5.43. The number of carbonyl (C=O) groups is 2. The van der Waals surface area contributed by atoms with E-state index in [1.165, 1.54) is 0 Å².